The molecule has 1 rings (SSSR count). The second kappa shape index (κ2) is 3.83. The number of rotatable bonds is 3. The van der Waals surface area contributed by atoms with Gasteiger partial charge in [-0.3, -0.25) is 0 Å². The van der Waals surface area contributed by atoms with E-state index in [2.05, 4.69) is 11.6 Å². The van der Waals surface area contributed by atoms with Gasteiger partial charge in [0, 0.05) is 5.38 Å². The number of aromatic nitrogens is 1. The molecule has 0 amide bonds. The molecule has 1 aromatic heterocycles. The SMILES string of the molecule is C=C(C)CC(O)c1csc(C)n1. The Morgan fingerprint density at radius 1 is 1.83 bits per heavy atom. The summed E-state index contributed by atoms with van der Waals surface area (Å²) >= 11 is 1.56. The Morgan fingerprint density at radius 3 is 2.92 bits per heavy atom. The zero-order valence-electron chi connectivity index (χ0n) is 7.37. The molecule has 2 nitrogen and oxygen atoms in total. The van der Waals surface area contributed by atoms with Crippen molar-refractivity contribution in [3.05, 3.63) is 28.2 Å². The third kappa shape index (κ3) is 2.43. The van der Waals surface area contributed by atoms with Crippen LogP contribution >= 0.6 is 11.3 Å². The van der Waals surface area contributed by atoms with Gasteiger partial charge in [-0.2, -0.15) is 0 Å². The molecule has 1 aromatic rings. The van der Waals surface area contributed by atoms with Crippen LogP contribution in [0, 0.1) is 6.92 Å². The highest BCUT2D eigenvalue weighted by atomic mass is 32.1. The topological polar surface area (TPSA) is 33.1 Å². The fraction of sp³-hybridized carbons (Fsp3) is 0.444. The van der Waals surface area contributed by atoms with Gasteiger partial charge in [-0.15, -0.1) is 17.9 Å². The summed E-state index contributed by atoms with van der Waals surface area (Å²) in [5, 5.41) is 12.5. The Kier molecular flexibility index (Phi) is 3.00. The van der Waals surface area contributed by atoms with Gasteiger partial charge in [-0.1, -0.05) is 5.57 Å². The molecule has 1 heterocycles. The van der Waals surface area contributed by atoms with Crippen LogP contribution < -0.4 is 0 Å². The Hall–Kier alpha value is -0.670. The number of aliphatic hydroxyl groups is 1. The lowest BCUT2D eigenvalue weighted by Crippen LogP contribution is -1.97. The van der Waals surface area contributed by atoms with Crippen LogP contribution in [0.25, 0.3) is 0 Å². The van der Waals surface area contributed by atoms with Gasteiger partial charge in [0.05, 0.1) is 10.7 Å². The van der Waals surface area contributed by atoms with Crippen LogP contribution in [0.2, 0.25) is 0 Å². The molecule has 0 spiro atoms. The molecule has 0 aliphatic heterocycles. The van der Waals surface area contributed by atoms with Crippen LogP contribution in [-0.2, 0) is 0 Å². The van der Waals surface area contributed by atoms with E-state index in [0.29, 0.717) is 6.42 Å². The monoisotopic (exact) mass is 183 g/mol. The fourth-order valence-corrected chi connectivity index (χ4v) is 1.63. The average Bonchev–Trinajstić information content (AvgIpc) is 2.34. The van der Waals surface area contributed by atoms with E-state index >= 15 is 0 Å². The summed E-state index contributed by atoms with van der Waals surface area (Å²) in [6, 6.07) is 0. The molecule has 0 aliphatic rings. The zero-order chi connectivity index (χ0) is 9.14. The smallest absolute Gasteiger partial charge is 0.100 e. The summed E-state index contributed by atoms with van der Waals surface area (Å²) in [5.74, 6) is 0. The van der Waals surface area contributed by atoms with Crippen molar-refractivity contribution in [1.82, 2.24) is 4.98 Å². The van der Waals surface area contributed by atoms with Crippen molar-refractivity contribution in [1.29, 1.82) is 0 Å². The molecule has 1 N–H and O–H groups in total. The van der Waals surface area contributed by atoms with Crippen molar-refractivity contribution >= 4 is 11.3 Å². The highest BCUT2D eigenvalue weighted by molar-refractivity contribution is 7.09. The van der Waals surface area contributed by atoms with Crippen LogP contribution in [-0.4, -0.2) is 10.1 Å². The van der Waals surface area contributed by atoms with Crippen LogP contribution in [0.4, 0.5) is 0 Å². The van der Waals surface area contributed by atoms with Gasteiger partial charge in [0.25, 0.3) is 0 Å². The minimum Gasteiger partial charge on any atom is -0.386 e. The molecule has 1 unspecified atom stereocenters. The number of hydrogen-bond donors (Lipinski definition) is 1. The number of hydrogen-bond acceptors (Lipinski definition) is 3. The summed E-state index contributed by atoms with van der Waals surface area (Å²) in [6.45, 7) is 7.58. The van der Waals surface area contributed by atoms with E-state index in [9.17, 15) is 5.11 Å². The average molecular weight is 183 g/mol. The molecular formula is C9H13NOS. The van der Waals surface area contributed by atoms with Crippen molar-refractivity contribution < 1.29 is 5.11 Å². The zero-order valence-corrected chi connectivity index (χ0v) is 8.19. The van der Waals surface area contributed by atoms with E-state index in [-0.39, 0.29) is 0 Å². The normalized spacial score (nSPS) is 12.9. The minimum atomic E-state index is -0.479. The lowest BCUT2D eigenvalue weighted by atomic mass is 10.1. The molecular weight excluding hydrogens is 170 g/mol. The van der Waals surface area contributed by atoms with Gasteiger partial charge >= 0.3 is 0 Å². The molecule has 1 atom stereocenters. The first-order valence-electron chi connectivity index (χ1n) is 3.84. The fourth-order valence-electron chi connectivity index (χ4n) is 0.968. The van der Waals surface area contributed by atoms with Crippen molar-refractivity contribution in [3.63, 3.8) is 0 Å². The summed E-state index contributed by atoms with van der Waals surface area (Å²) in [5.41, 5.74) is 1.74. The van der Waals surface area contributed by atoms with Gasteiger partial charge in [0.15, 0.2) is 0 Å². The lowest BCUT2D eigenvalue weighted by molar-refractivity contribution is 0.174. The van der Waals surface area contributed by atoms with Crippen molar-refractivity contribution in [2.24, 2.45) is 0 Å². The van der Waals surface area contributed by atoms with Crippen LogP contribution in [0.1, 0.15) is 30.2 Å². The number of thiazole rings is 1. The second-order valence-corrected chi connectivity index (χ2v) is 4.03. The maximum absolute atomic E-state index is 9.59. The van der Waals surface area contributed by atoms with Crippen molar-refractivity contribution in [2.75, 3.05) is 0 Å². The molecule has 0 bridgehead atoms. The maximum atomic E-state index is 9.59. The first-order chi connectivity index (χ1) is 5.59. The standard InChI is InChI=1S/C9H13NOS/c1-6(2)4-9(11)8-5-12-7(3)10-8/h5,9,11H,1,4H2,2-3H3. The van der Waals surface area contributed by atoms with E-state index in [1.807, 2.05) is 19.2 Å². The third-order valence-corrected chi connectivity index (χ3v) is 2.31. The summed E-state index contributed by atoms with van der Waals surface area (Å²) in [4.78, 5) is 4.19. The molecule has 12 heavy (non-hydrogen) atoms. The molecule has 0 aliphatic carbocycles. The molecule has 66 valence electrons. The van der Waals surface area contributed by atoms with E-state index in [4.69, 9.17) is 0 Å². The molecule has 0 fully saturated rings. The first-order valence-corrected chi connectivity index (χ1v) is 4.72. The van der Waals surface area contributed by atoms with Crippen molar-refractivity contribution in [3.8, 4) is 0 Å². The maximum Gasteiger partial charge on any atom is 0.100 e. The molecule has 0 saturated heterocycles. The Bertz CT molecular complexity index is 280. The highest BCUT2D eigenvalue weighted by Crippen LogP contribution is 2.21. The van der Waals surface area contributed by atoms with Gasteiger partial charge in [0.2, 0.25) is 0 Å². The highest BCUT2D eigenvalue weighted by Gasteiger charge is 2.10. The van der Waals surface area contributed by atoms with Gasteiger partial charge in [0.1, 0.15) is 6.10 Å². The first kappa shape index (κ1) is 9.42. The van der Waals surface area contributed by atoms with E-state index in [1.54, 1.807) is 11.3 Å². The Morgan fingerprint density at radius 2 is 2.50 bits per heavy atom. The van der Waals surface area contributed by atoms with Crippen molar-refractivity contribution in [2.45, 2.75) is 26.4 Å². The molecule has 0 radical (unpaired) electrons. The predicted octanol–water partition coefficient (Wildman–Crippen LogP) is 2.45. The molecule has 3 heteroatoms. The number of nitrogens with zero attached hydrogens (tertiary/aromatic N) is 1. The second-order valence-electron chi connectivity index (χ2n) is 2.97. The van der Waals surface area contributed by atoms with Crippen LogP contribution in [0.3, 0.4) is 0 Å². The summed E-state index contributed by atoms with van der Waals surface area (Å²) in [7, 11) is 0. The molecule has 0 aromatic carbocycles. The largest absolute Gasteiger partial charge is 0.386 e. The van der Waals surface area contributed by atoms with Crippen LogP contribution in [0.15, 0.2) is 17.5 Å². The van der Waals surface area contributed by atoms with Gasteiger partial charge < -0.3 is 5.11 Å². The number of aryl methyl sites for hydroxylation is 1. The van der Waals surface area contributed by atoms with E-state index in [0.717, 1.165) is 16.3 Å². The summed E-state index contributed by atoms with van der Waals surface area (Å²) in [6.07, 6.45) is 0.121. The van der Waals surface area contributed by atoms with Crippen LogP contribution in [0.5, 0.6) is 0 Å². The van der Waals surface area contributed by atoms with Gasteiger partial charge in [-0.25, -0.2) is 4.98 Å². The third-order valence-electron chi connectivity index (χ3n) is 1.52. The van der Waals surface area contributed by atoms with E-state index < -0.39 is 6.10 Å². The van der Waals surface area contributed by atoms with E-state index in [1.165, 1.54) is 0 Å². The Balaban J connectivity index is 2.64. The lowest BCUT2D eigenvalue weighted by Gasteiger charge is -2.05. The number of aliphatic hydroxyl groups excluding tert-OH is 1. The summed E-state index contributed by atoms with van der Waals surface area (Å²) < 4.78 is 0. The quantitative estimate of drug-likeness (QED) is 0.730. The van der Waals surface area contributed by atoms with Gasteiger partial charge in [-0.05, 0) is 20.3 Å². The molecule has 0 saturated carbocycles. The minimum absolute atomic E-state index is 0.479. The predicted molar refractivity (Wildman–Crippen MR) is 51.2 cm³/mol. The Labute approximate surface area is 76.6 Å².